The first kappa shape index (κ1) is 9.45. The van der Waals surface area contributed by atoms with Gasteiger partial charge in [-0.3, -0.25) is 5.10 Å². The minimum absolute atomic E-state index is 0.240. The maximum Gasteiger partial charge on any atom is 0.145 e. The van der Waals surface area contributed by atoms with Crippen molar-refractivity contribution in [2.24, 2.45) is 0 Å². The lowest BCUT2D eigenvalue weighted by atomic mass is 10.1. The van der Waals surface area contributed by atoms with Gasteiger partial charge in [-0.25, -0.2) is 4.39 Å². The maximum atomic E-state index is 13.2. The molecule has 3 N–H and O–H groups in total. The number of halogens is 2. The molecule has 1 aromatic heterocycles. The van der Waals surface area contributed by atoms with Gasteiger partial charge in [0.15, 0.2) is 0 Å². The first-order valence-corrected chi connectivity index (χ1v) is 5.01. The van der Waals surface area contributed by atoms with E-state index in [-0.39, 0.29) is 5.82 Å². The highest BCUT2D eigenvalue weighted by Gasteiger charge is 2.08. The van der Waals surface area contributed by atoms with Crippen molar-refractivity contribution in [3.05, 3.63) is 33.7 Å². The van der Waals surface area contributed by atoms with Crippen LogP contribution >= 0.6 is 22.6 Å². The average Bonchev–Trinajstić information content (AvgIpc) is 2.57. The Kier molecular flexibility index (Phi) is 2.40. The van der Waals surface area contributed by atoms with Crippen LogP contribution in [0.2, 0.25) is 0 Å². The van der Waals surface area contributed by atoms with E-state index in [1.54, 1.807) is 12.1 Å². The van der Waals surface area contributed by atoms with E-state index >= 15 is 0 Å². The van der Waals surface area contributed by atoms with Crippen molar-refractivity contribution >= 4 is 28.4 Å². The number of H-pyrrole nitrogens is 1. The van der Waals surface area contributed by atoms with E-state index in [1.807, 2.05) is 28.7 Å². The average molecular weight is 303 g/mol. The van der Waals surface area contributed by atoms with Gasteiger partial charge in [0.1, 0.15) is 11.6 Å². The monoisotopic (exact) mass is 303 g/mol. The Morgan fingerprint density at radius 3 is 2.86 bits per heavy atom. The van der Waals surface area contributed by atoms with Gasteiger partial charge in [0.2, 0.25) is 0 Å². The number of nitrogens with zero attached hydrogens (tertiary/aromatic N) is 1. The topological polar surface area (TPSA) is 54.7 Å². The van der Waals surface area contributed by atoms with Gasteiger partial charge in [0.25, 0.3) is 0 Å². The second-order valence-electron chi connectivity index (χ2n) is 2.81. The number of nitrogens with one attached hydrogen (secondary N) is 1. The number of nitrogen functional groups attached to an aromatic ring is 1. The fraction of sp³-hybridized carbons (Fsp3) is 0. The van der Waals surface area contributed by atoms with Crippen LogP contribution < -0.4 is 5.73 Å². The summed E-state index contributed by atoms with van der Waals surface area (Å²) in [7, 11) is 0. The number of hydrogen-bond donors (Lipinski definition) is 2. The van der Waals surface area contributed by atoms with Gasteiger partial charge in [-0.2, -0.15) is 5.10 Å². The summed E-state index contributed by atoms with van der Waals surface area (Å²) in [6, 6.07) is 6.57. The molecule has 14 heavy (non-hydrogen) atoms. The summed E-state index contributed by atoms with van der Waals surface area (Å²) in [6.45, 7) is 0. The Labute approximate surface area is 93.7 Å². The first-order chi connectivity index (χ1) is 6.68. The summed E-state index contributed by atoms with van der Waals surface area (Å²) in [4.78, 5) is 0. The van der Waals surface area contributed by atoms with Crippen LogP contribution in [0.25, 0.3) is 11.3 Å². The lowest BCUT2D eigenvalue weighted by molar-refractivity contribution is 0.621. The standard InChI is InChI=1S/C9H7FIN3/c10-6-3-1-2-5(9(6)11)7-4-8(12)14-13-7/h1-4H,(H3,12,13,14). The summed E-state index contributed by atoms with van der Waals surface area (Å²) >= 11 is 1.95. The third-order valence-corrected chi connectivity index (χ3v) is 2.94. The zero-order chi connectivity index (χ0) is 10.1. The van der Waals surface area contributed by atoms with Gasteiger partial charge in [0, 0.05) is 11.6 Å². The number of aromatic amines is 1. The maximum absolute atomic E-state index is 13.2. The molecule has 2 rings (SSSR count). The van der Waals surface area contributed by atoms with Gasteiger partial charge < -0.3 is 5.73 Å². The minimum Gasteiger partial charge on any atom is -0.382 e. The molecule has 1 aromatic carbocycles. The summed E-state index contributed by atoms with van der Waals surface area (Å²) < 4.78 is 13.8. The van der Waals surface area contributed by atoms with E-state index in [4.69, 9.17) is 5.73 Å². The van der Waals surface area contributed by atoms with Gasteiger partial charge in [-0.15, -0.1) is 0 Å². The van der Waals surface area contributed by atoms with Crippen molar-refractivity contribution in [3.8, 4) is 11.3 Å². The lowest BCUT2D eigenvalue weighted by Gasteiger charge is -2.01. The van der Waals surface area contributed by atoms with Gasteiger partial charge >= 0.3 is 0 Å². The molecule has 0 atom stereocenters. The number of benzene rings is 1. The zero-order valence-corrected chi connectivity index (χ0v) is 9.25. The fourth-order valence-electron chi connectivity index (χ4n) is 1.19. The first-order valence-electron chi connectivity index (χ1n) is 3.94. The third kappa shape index (κ3) is 1.59. The van der Waals surface area contributed by atoms with Crippen LogP contribution in [0.4, 0.5) is 10.2 Å². The van der Waals surface area contributed by atoms with Crippen LogP contribution in [-0.2, 0) is 0 Å². The summed E-state index contributed by atoms with van der Waals surface area (Å²) in [5.41, 5.74) is 6.97. The lowest BCUT2D eigenvalue weighted by Crippen LogP contribution is -1.87. The molecular formula is C9H7FIN3. The smallest absolute Gasteiger partial charge is 0.145 e. The molecule has 0 saturated heterocycles. The molecule has 0 aliphatic carbocycles. The molecule has 5 heteroatoms. The van der Waals surface area contributed by atoms with E-state index in [1.165, 1.54) is 6.07 Å². The van der Waals surface area contributed by atoms with Crippen LogP contribution in [0, 0.1) is 9.39 Å². The molecule has 0 amide bonds. The van der Waals surface area contributed by atoms with Gasteiger partial charge in [-0.05, 0) is 28.7 Å². The molecule has 0 fully saturated rings. The Balaban J connectivity index is 2.57. The fourth-order valence-corrected chi connectivity index (χ4v) is 1.84. The second-order valence-corrected chi connectivity index (χ2v) is 3.89. The summed E-state index contributed by atoms with van der Waals surface area (Å²) in [5, 5.41) is 6.53. The van der Waals surface area contributed by atoms with Crippen molar-refractivity contribution in [3.63, 3.8) is 0 Å². The minimum atomic E-state index is -0.240. The highest BCUT2D eigenvalue weighted by molar-refractivity contribution is 14.1. The third-order valence-electron chi connectivity index (χ3n) is 1.84. The summed E-state index contributed by atoms with van der Waals surface area (Å²) in [6.07, 6.45) is 0. The van der Waals surface area contributed by atoms with Crippen molar-refractivity contribution < 1.29 is 4.39 Å². The zero-order valence-electron chi connectivity index (χ0n) is 7.09. The number of aromatic nitrogens is 2. The van der Waals surface area contributed by atoms with Crippen molar-refractivity contribution in [2.45, 2.75) is 0 Å². The van der Waals surface area contributed by atoms with Crippen LogP contribution in [-0.4, -0.2) is 10.2 Å². The predicted octanol–water partition coefficient (Wildman–Crippen LogP) is 2.40. The van der Waals surface area contributed by atoms with E-state index in [0.717, 1.165) is 11.3 Å². The molecule has 0 bridgehead atoms. The van der Waals surface area contributed by atoms with Crippen LogP contribution in [0.3, 0.4) is 0 Å². The molecule has 0 aliphatic heterocycles. The molecule has 1 heterocycles. The molecule has 0 spiro atoms. The van der Waals surface area contributed by atoms with Crippen molar-refractivity contribution in [1.29, 1.82) is 0 Å². The highest BCUT2D eigenvalue weighted by atomic mass is 127. The number of rotatable bonds is 1. The Morgan fingerprint density at radius 2 is 2.21 bits per heavy atom. The molecule has 0 radical (unpaired) electrons. The molecule has 2 aromatic rings. The van der Waals surface area contributed by atoms with E-state index < -0.39 is 0 Å². The number of anilines is 1. The number of nitrogens with two attached hydrogens (primary N) is 1. The Hall–Kier alpha value is -1.11. The number of hydrogen-bond acceptors (Lipinski definition) is 2. The highest BCUT2D eigenvalue weighted by Crippen LogP contribution is 2.26. The molecule has 0 saturated carbocycles. The molecule has 72 valence electrons. The van der Waals surface area contributed by atoms with Crippen LogP contribution in [0.1, 0.15) is 0 Å². The quantitative estimate of drug-likeness (QED) is 0.795. The molecular weight excluding hydrogens is 296 g/mol. The largest absolute Gasteiger partial charge is 0.382 e. The van der Waals surface area contributed by atoms with E-state index in [2.05, 4.69) is 10.2 Å². The van der Waals surface area contributed by atoms with Gasteiger partial charge in [-0.1, -0.05) is 12.1 Å². The predicted molar refractivity (Wildman–Crippen MR) is 61.1 cm³/mol. The molecule has 0 unspecified atom stereocenters. The Morgan fingerprint density at radius 1 is 1.43 bits per heavy atom. The molecule has 0 aliphatic rings. The van der Waals surface area contributed by atoms with Crippen molar-refractivity contribution in [1.82, 2.24) is 10.2 Å². The van der Waals surface area contributed by atoms with Gasteiger partial charge in [0.05, 0.1) is 9.26 Å². The Bertz CT molecular complexity index is 467. The second kappa shape index (κ2) is 3.56. The summed E-state index contributed by atoms with van der Waals surface area (Å²) in [5.74, 6) is 0.163. The molecule has 3 nitrogen and oxygen atoms in total. The van der Waals surface area contributed by atoms with E-state index in [0.29, 0.717) is 9.39 Å². The van der Waals surface area contributed by atoms with E-state index in [9.17, 15) is 4.39 Å². The van der Waals surface area contributed by atoms with Crippen LogP contribution in [0.15, 0.2) is 24.3 Å². The SMILES string of the molecule is Nc1cc(-c2cccc(F)c2I)[nH]n1. The van der Waals surface area contributed by atoms with Crippen molar-refractivity contribution in [2.75, 3.05) is 5.73 Å². The van der Waals surface area contributed by atoms with Crippen LogP contribution in [0.5, 0.6) is 0 Å². The normalized spacial score (nSPS) is 10.4.